The summed E-state index contributed by atoms with van der Waals surface area (Å²) in [6.45, 7) is 9.32. The Morgan fingerprint density at radius 3 is 2.06 bits per heavy atom. The number of hydrogen-bond donors (Lipinski definition) is 0. The molecule has 2 heteroatoms. The lowest BCUT2D eigenvalue weighted by molar-refractivity contribution is 0.915. The van der Waals surface area contributed by atoms with Crippen molar-refractivity contribution in [3.05, 3.63) is 34.9 Å². The summed E-state index contributed by atoms with van der Waals surface area (Å²) >= 11 is 4.52. The molecule has 1 nitrogen and oxygen atoms in total. The molecule has 0 atom stereocenters. The van der Waals surface area contributed by atoms with Crippen LogP contribution in [0.5, 0.6) is 0 Å². The van der Waals surface area contributed by atoms with Gasteiger partial charge < -0.3 is 0 Å². The lowest BCUT2D eigenvalue weighted by atomic mass is 10.1. The number of rotatable bonds is 8. The molecule has 18 heavy (non-hydrogen) atoms. The molecule has 0 radical (unpaired) electrons. The van der Waals surface area contributed by atoms with E-state index in [-0.39, 0.29) is 0 Å². The van der Waals surface area contributed by atoms with Crippen LogP contribution in [0.2, 0.25) is 0 Å². The first-order valence-corrected chi connectivity index (χ1v) is 6.95. The molecule has 0 heterocycles. The molecule has 0 aliphatic carbocycles. The Balaban J connectivity index is 3.89. The molecule has 0 saturated heterocycles. The second-order valence-electron chi connectivity index (χ2n) is 4.89. The summed E-state index contributed by atoms with van der Waals surface area (Å²) < 4.78 is 0. The van der Waals surface area contributed by atoms with Gasteiger partial charge in [-0.25, -0.2) is 4.99 Å². The van der Waals surface area contributed by atoms with Crippen LogP contribution in [-0.2, 0) is 0 Å². The van der Waals surface area contributed by atoms with Crippen LogP contribution in [0.1, 0.15) is 53.4 Å². The molecule has 0 N–H and O–H groups in total. The number of nitrogens with zero attached hydrogens (tertiary/aromatic N) is 1. The Morgan fingerprint density at radius 2 is 1.50 bits per heavy atom. The topological polar surface area (TPSA) is 12.4 Å². The summed E-state index contributed by atoms with van der Waals surface area (Å²) in [5, 5.41) is 2.38. The van der Waals surface area contributed by atoms with Crippen molar-refractivity contribution in [1.29, 1.82) is 0 Å². The molecule has 0 aromatic heterocycles. The normalized spacial score (nSPS) is 12.0. The first-order chi connectivity index (χ1) is 8.56. The molecule has 0 aromatic rings. The highest BCUT2D eigenvalue weighted by Crippen LogP contribution is 2.11. The molecule has 0 rings (SSSR count). The highest BCUT2D eigenvalue weighted by Gasteiger charge is 1.91. The Hall–Kier alpha value is -0.980. The second-order valence-corrected chi connectivity index (χ2v) is 5.07. The van der Waals surface area contributed by atoms with Crippen LogP contribution in [0.3, 0.4) is 0 Å². The van der Waals surface area contributed by atoms with E-state index in [4.69, 9.17) is 0 Å². The highest BCUT2D eigenvalue weighted by atomic mass is 32.1. The van der Waals surface area contributed by atoms with Crippen LogP contribution in [0.4, 0.5) is 0 Å². The fourth-order valence-electron chi connectivity index (χ4n) is 1.58. The lowest BCUT2D eigenvalue weighted by Gasteiger charge is -2.00. The van der Waals surface area contributed by atoms with Crippen molar-refractivity contribution in [2.24, 2.45) is 4.99 Å². The van der Waals surface area contributed by atoms with Gasteiger partial charge in [0.1, 0.15) is 0 Å². The predicted octanol–water partition coefficient (Wildman–Crippen LogP) is 5.51. The van der Waals surface area contributed by atoms with E-state index in [2.05, 4.69) is 68.3 Å². The standard InChI is InChI=1S/C16H25NS/c1-14(2)7-5-8-15(3)9-6-10-16(4)11-12-17-13-18/h7,9,11H,5-6,8,10,12H2,1-4H3. The third-order valence-corrected chi connectivity index (χ3v) is 2.85. The van der Waals surface area contributed by atoms with Crippen molar-refractivity contribution in [3.8, 4) is 0 Å². The van der Waals surface area contributed by atoms with E-state index in [0.29, 0.717) is 6.54 Å². The SMILES string of the molecule is CC(C)=CCCC(C)=CCCC(C)=CCN=C=S. The molecule has 0 aromatic carbocycles. The second kappa shape index (κ2) is 11.1. The summed E-state index contributed by atoms with van der Waals surface area (Å²) in [6.07, 6.45) is 11.3. The molecule has 0 amide bonds. The minimum atomic E-state index is 0.665. The largest absolute Gasteiger partial charge is 0.228 e. The van der Waals surface area contributed by atoms with Crippen molar-refractivity contribution in [2.45, 2.75) is 53.4 Å². The number of thiocarbonyl (C=S) groups is 1. The average Bonchev–Trinajstić information content (AvgIpc) is 2.29. The minimum absolute atomic E-state index is 0.665. The van der Waals surface area contributed by atoms with Gasteiger partial charge >= 0.3 is 0 Å². The molecule has 0 bridgehead atoms. The van der Waals surface area contributed by atoms with E-state index in [0.717, 1.165) is 19.3 Å². The minimum Gasteiger partial charge on any atom is -0.228 e. The smallest absolute Gasteiger partial charge is 0.0676 e. The summed E-state index contributed by atoms with van der Waals surface area (Å²) in [5.74, 6) is 0. The van der Waals surface area contributed by atoms with Crippen LogP contribution in [0.15, 0.2) is 39.9 Å². The maximum absolute atomic E-state index is 4.52. The fraction of sp³-hybridized carbons (Fsp3) is 0.562. The average molecular weight is 263 g/mol. The molecule has 0 spiro atoms. The summed E-state index contributed by atoms with van der Waals surface area (Å²) in [6, 6.07) is 0. The first-order valence-electron chi connectivity index (χ1n) is 6.54. The highest BCUT2D eigenvalue weighted by molar-refractivity contribution is 7.78. The Kier molecular flexibility index (Phi) is 10.5. The van der Waals surface area contributed by atoms with E-state index in [1.165, 1.54) is 23.1 Å². The monoisotopic (exact) mass is 263 g/mol. The van der Waals surface area contributed by atoms with E-state index >= 15 is 0 Å². The zero-order chi connectivity index (χ0) is 13.8. The lowest BCUT2D eigenvalue weighted by Crippen LogP contribution is -1.82. The van der Waals surface area contributed by atoms with Gasteiger partial charge in [-0.2, -0.15) is 0 Å². The van der Waals surface area contributed by atoms with Gasteiger partial charge in [0.25, 0.3) is 0 Å². The van der Waals surface area contributed by atoms with Gasteiger partial charge in [0.2, 0.25) is 0 Å². The molecule has 0 saturated carbocycles. The van der Waals surface area contributed by atoms with Crippen molar-refractivity contribution >= 4 is 17.4 Å². The first kappa shape index (κ1) is 17.0. The molecular formula is C16H25NS. The zero-order valence-electron chi connectivity index (χ0n) is 12.1. The van der Waals surface area contributed by atoms with Crippen molar-refractivity contribution in [1.82, 2.24) is 0 Å². The maximum atomic E-state index is 4.52. The number of aliphatic imine (C=N–C) groups is 1. The van der Waals surface area contributed by atoms with Gasteiger partial charge in [0.05, 0.1) is 11.7 Å². The quantitative estimate of drug-likeness (QED) is 0.319. The van der Waals surface area contributed by atoms with Crippen LogP contribution in [0.25, 0.3) is 0 Å². The van der Waals surface area contributed by atoms with Gasteiger partial charge in [0.15, 0.2) is 0 Å². The van der Waals surface area contributed by atoms with Crippen LogP contribution >= 0.6 is 12.2 Å². The fourth-order valence-corrected chi connectivity index (χ4v) is 1.65. The number of isothiocyanates is 1. The molecule has 0 aliphatic rings. The third kappa shape index (κ3) is 11.5. The van der Waals surface area contributed by atoms with Crippen molar-refractivity contribution in [2.75, 3.05) is 6.54 Å². The van der Waals surface area contributed by atoms with Gasteiger partial charge in [-0.1, -0.05) is 34.9 Å². The number of hydrogen-bond acceptors (Lipinski definition) is 2. The molecule has 100 valence electrons. The molecular weight excluding hydrogens is 238 g/mol. The summed E-state index contributed by atoms with van der Waals surface area (Å²) in [5.41, 5.74) is 4.26. The zero-order valence-corrected chi connectivity index (χ0v) is 12.9. The van der Waals surface area contributed by atoms with E-state index in [1.54, 1.807) is 0 Å². The molecule has 0 fully saturated rings. The Bertz CT molecular complexity index is 365. The van der Waals surface area contributed by atoms with E-state index < -0.39 is 0 Å². The van der Waals surface area contributed by atoms with Crippen molar-refractivity contribution in [3.63, 3.8) is 0 Å². The van der Waals surface area contributed by atoms with Crippen LogP contribution in [0, 0.1) is 0 Å². The van der Waals surface area contributed by atoms with E-state index in [1.807, 2.05) is 0 Å². The van der Waals surface area contributed by atoms with Gasteiger partial charge in [0, 0.05) is 0 Å². The van der Waals surface area contributed by atoms with E-state index in [9.17, 15) is 0 Å². The Labute approximate surface area is 117 Å². The van der Waals surface area contributed by atoms with Crippen LogP contribution in [-0.4, -0.2) is 11.7 Å². The van der Waals surface area contributed by atoms with Gasteiger partial charge in [-0.15, -0.1) is 0 Å². The van der Waals surface area contributed by atoms with Gasteiger partial charge in [-0.05, 0) is 65.6 Å². The third-order valence-electron chi connectivity index (χ3n) is 2.72. The summed E-state index contributed by atoms with van der Waals surface area (Å²) in [7, 11) is 0. The number of allylic oxidation sites excluding steroid dienone is 5. The summed E-state index contributed by atoms with van der Waals surface area (Å²) in [4.78, 5) is 3.88. The molecule has 0 aliphatic heterocycles. The molecule has 0 unspecified atom stereocenters. The maximum Gasteiger partial charge on any atom is 0.0676 e. The van der Waals surface area contributed by atoms with Gasteiger partial charge in [-0.3, -0.25) is 0 Å². The van der Waals surface area contributed by atoms with Crippen molar-refractivity contribution < 1.29 is 0 Å². The predicted molar refractivity (Wildman–Crippen MR) is 85.3 cm³/mol. The van der Waals surface area contributed by atoms with Crippen LogP contribution < -0.4 is 0 Å². The Morgan fingerprint density at radius 1 is 0.944 bits per heavy atom.